The molecule has 0 unspecified atom stereocenters. The highest BCUT2D eigenvalue weighted by atomic mass is 16.5. The largest absolute Gasteiger partial charge is 0.378 e. The van der Waals surface area contributed by atoms with Crippen LogP contribution >= 0.6 is 0 Å². The van der Waals surface area contributed by atoms with Gasteiger partial charge < -0.3 is 9.64 Å². The van der Waals surface area contributed by atoms with Crippen molar-refractivity contribution in [3.8, 4) is 0 Å². The molecule has 0 bridgehead atoms. The van der Waals surface area contributed by atoms with Gasteiger partial charge in [-0.3, -0.25) is 0 Å². The SMILES string of the molecule is CC(C)/C=C/c1cccc(N2CCOCC2)c1. The van der Waals surface area contributed by atoms with Crippen LogP contribution in [0, 0.1) is 5.92 Å². The summed E-state index contributed by atoms with van der Waals surface area (Å²) in [5.41, 5.74) is 2.59. The summed E-state index contributed by atoms with van der Waals surface area (Å²) in [6, 6.07) is 8.72. The molecule has 92 valence electrons. The maximum atomic E-state index is 5.37. The van der Waals surface area contributed by atoms with Gasteiger partial charge in [0.2, 0.25) is 0 Å². The van der Waals surface area contributed by atoms with Crippen molar-refractivity contribution in [2.45, 2.75) is 13.8 Å². The predicted octanol–water partition coefficient (Wildman–Crippen LogP) is 3.19. The molecule has 2 nitrogen and oxygen atoms in total. The fraction of sp³-hybridized carbons (Fsp3) is 0.467. The van der Waals surface area contributed by atoms with Gasteiger partial charge in [0.1, 0.15) is 0 Å². The van der Waals surface area contributed by atoms with Crippen molar-refractivity contribution < 1.29 is 4.74 Å². The van der Waals surface area contributed by atoms with Crippen molar-refractivity contribution in [2.75, 3.05) is 31.2 Å². The molecule has 0 aliphatic carbocycles. The summed E-state index contributed by atoms with van der Waals surface area (Å²) < 4.78 is 5.37. The Hall–Kier alpha value is -1.28. The molecule has 0 aromatic heterocycles. The fourth-order valence-electron chi connectivity index (χ4n) is 1.95. The summed E-state index contributed by atoms with van der Waals surface area (Å²) in [5.74, 6) is 0.599. The average molecular weight is 231 g/mol. The van der Waals surface area contributed by atoms with Crippen LogP contribution < -0.4 is 4.90 Å². The highest BCUT2D eigenvalue weighted by Gasteiger charge is 2.10. The van der Waals surface area contributed by atoms with Crippen LogP contribution in [0.4, 0.5) is 5.69 Å². The van der Waals surface area contributed by atoms with Gasteiger partial charge in [0.15, 0.2) is 0 Å². The Bertz CT molecular complexity index is 378. The van der Waals surface area contributed by atoms with E-state index >= 15 is 0 Å². The zero-order chi connectivity index (χ0) is 12.1. The molecule has 17 heavy (non-hydrogen) atoms. The average Bonchev–Trinajstić information content (AvgIpc) is 2.38. The van der Waals surface area contributed by atoms with E-state index in [-0.39, 0.29) is 0 Å². The summed E-state index contributed by atoms with van der Waals surface area (Å²) in [6.07, 6.45) is 4.44. The van der Waals surface area contributed by atoms with E-state index in [9.17, 15) is 0 Å². The molecule has 0 amide bonds. The highest BCUT2D eigenvalue weighted by Crippen LogP contribution is 2.18. The van der Waals surface area contributed by atoms with E-state index < -0.39 is 0 Å². The van der Waals surface area contributed by atoms with Crippen molar-refractivity contribution in [2.24, 2.45) is 5.92 Å². The smallest absolute Gasteiger partial charge is 0.0642 e. The molecule has 1 aromatic rings. The fourth-order valence-corrected chi connectivity index (χ4v) is 1.95. The van der Waals surface area contributed by atoms with Crippen LogP contribution in [0.5, 0.6) is 0 Å². The maximum absolute atomic E-state index is 5.37. The minimum atomic E-state index is 0.599. The molecule has 0 saturated carbocycles. The molecule has 0 spiro atoms. The van der Waals surface area contributed by atoms with Crippen LogP contribution in [-0.4, -0.2) is 26.3 Å². The molecule has 1 aliphatic heterocycles. The third-order valence-electron chi connectivity index (χ3n) is 2.92. The van der Waals surface area contributed by atoms with Gasteiger partial charge in [-0.1, -0.05) is 38.1 Å². The molecule has 2 rings (SSSR count). The molecule has 1 aliphatic rings. The van der Waals surface area contributed by atoms with Gasteiger partial charge in [0.05, 0.1) is 13.2 Å². The van der Waals surface area contributed by atoms with Crippen molar-refractivity contribution in [3.63, 3.8) is 0 Å². The topological polar surface area (TPSA) is 12.5 Å². The van der Waals surface area contributed by atoms with Crippen molar-refractivity contribution >= 4 is 11.8 Å². The van der Waals surface area contributed by atoms with Gasteiger partial charge in [0.25, 0.3) is 0 Å². The van der Waals surface area contributed by atoms with Gasteiger partial charge in [-0.15, -0.1) is 0 Å². The normalized spacial score (nSPS) is 17.0. The molecule has 1 heterocycles. The Labute approximate surface area is 104 Å². The first kappa shape index (κ1) is 12.2. The van der Waals surface area contributed by atoms with Crippen LogP contribution in [0.2, 0.25) is 0 Å². The Morgan fingerprint density at radius 2 is 2.00 bits per heavy atom. The van der Waals surface area contributed by atoms with Crippen LogP contribution in [0.1, 0.15) is 19.4 Å². The number of hydrogen-bond donors (Lipinski definition) is 0. The first-order chi connectivity index (χ1) is 8.25. The lowest BCUT2D eigenvalue weighted by atomic mass is 10.1. The standard InChI is InChI=1S/C15H21NO/c1-13(2)6-7-14-4-3-5-15(12-14)16-8-10-17-11-9-16/h3-7,12-13H,8-11H2,1-2H3/b7-6+. The zero-order valence-corrected chi connectivity index (χ0v) is 10.7. The monoisotopic (exact) mass is 231 g/mol. The number of rotatable bonds is 3. The maximum Gasteiger partial charge on any atom is 0.0642 e. The van der Waals surface area contributed by atoms with Gasteiger partial charge in [-0.05, 0) is 23.6 Å². The van der Waals surface area contributed by atoms with Crippen molar-refractivity contribution in [1.82, 2.24) is 0 Å². The van der Waals surface area contributed by atoms with Crippen LogP contribution in [0.15, 0.2) is 30.3 Å². The summed E-state index contributed by atoms with van der Waals surface area (Å²) in [4.78, 5) is 2.39. The molecule has 0 N–H and O–H groups in total. The number of ether oxygens (including phenoxy) is 1. The van der Waals surface area contributed by atoms with Gasteiger partial charge in [-0.2, -0.15) is 0 Å². The second kappa shape index (κ2) is 5.87. The second-order valence-corrected chi connectivity index (χ2v) is 4.80. The molecular weight excluding hydrogens is 210 g/mol. The quantitative estimate of drug-likeness (QED) is 0.792. The van der Waals surface area contributed by atoms with Crippen LogP contribution in [-0.2, 0) is 4.74 Å². The van der Waals surface area contributed by atoms with Crippen LogP contribution in [0.25, 0.3) is 6.08 Å². The van der Waals surface area contributed by atoms with Gasteiger partial charge >= 0.3 is 0 Å². The lowest BCUT2D eigenvalue weighted by Gasteiger charge is -2.29. The predicted molar refractivity (Wildman–Crippen MR) is 73.3 cm³/mol. The molecule has 1 fully saturated rings. The van der Waals surface area contributed by atoms with Crippen molar-refractivity contribution in [1.29, 1.82) is 0 Å². The number of hydrogen-bond acceptors (Lipinski definition) is 2. The molecular formula is C15H21NO. The highest BCUT2D eigenvalue weighted by molar-refractivity contribution is 5.58. The van der Waals surface area contributed by atoms with E-state index in [1.54, 1.807) is 0 Å². The molecule has 1 saturated heterocycles. The Morgan fingerprint density at radius 1 is 1.24 bits per heavy atom. The van der Waals surface area contributed by atoms with E-state index in [1.807, 2.05) is 0 Å². The number of allylic oxidation sites excluding steroid dienone is 1. The summed E-state index contributed by atoms with van der Waals surface area (Å²) in [5, 5.41) is 0. The van der Waals surface area contributed by atoms with E-state index in [2.05, 4.69) is 55.2 Å². The Kier molecular flexibility index (Phi) is 4.21. The number of morpholine rings is 1. The summed E-state index contributed by atoms with van der Waals surface area (Å²) >= 11 is 0. The Morgan fingerprint density at radius 3 is 2.71 bits per heavy atom. The zero-order valence-electron chi connectivity index (χ0n) is 10.7. The van der Waals surface area contributed by atoms with E-state index in [0.717, 1.165) is 26.3 Å². The first-order valence-electron chi connectivity index (χ1n) is 6.36. The number of benzene rings is 1. The second-order valence-electron chi connectivity index (χ2n) is 4.80. The lowest BCUT2D eigenvalue weighted by Crippen LogP contribution is -2.36. The molecule has 1 aromatic carbocycles. The number of anilines is 1. The number of nitrogens with zero attached hydrogens (tertiary/aromatic N) is 1. The molecule has 2 heteroatoms. The summed E-state index contributed by atoms with van der Waals surface area (Å²) in [6.45, 7) is 8.07. The van der Waals surface area contributed by atoms with Crippen LogP contribution in [0.3, 0.4) is 0 Å². The third kappa shape index (κ3) is 3.60. The van der Waals surface area contributed by atoms with E-state index in [0.29, 0.717) is 5.92 Å². The first-order valence-corrected chi connectivity index (χ1v) is 6.36. The van der Waals surface area contributed by atoms with Crippen molar-refractivity contribution in [3.05, 3.63) is 35.9 Å². The van der Waals surface area contributed by atoms with Gasteiger partial charge in [-0.25, -0.2) is 0 Å². The summed E-state index contributed by atoms with van der Waals surface area (Å²) in [7, 11) is 0. The third-order valence-corrected chi connectivity index (χ3v) is 2.92. The minimum absolute atomic E-state index is 0.599. The Balaban J connectivity index is 2.10. The minimum Gasteiger partial charge on any atom is -0.378 e. The van der Waals surface area contributed by atoms with Gasteiger partial charge in [0, 0.05) is 18.8 Å². The molecule has 0 radical (unpaired) electrons. The van der Waals surface area contributed by atoms with E-state index in [4.69, 9.17) is 4.74 Å². The lowest BCUT2D eigenvalue weighted by molar-refractivity contribution is 0.122. The molecule has 0 atom stereocenters. The van der Waals surface area contributed by atoms with E-state index in [1.165, 1.54) is 11.3 Å².